The number of carbonyl (C=O) groups is 2. The predicted octanol–water partition coefficient (Wildman–Crippen LogP) is 3.72. The molecule has 2 amide bonds. The number of benzene rings is 1. The Morgan fingerprint density at radius 1 is 1.28 bits per heavy atom. The lowest BCUT2D eigenvalue weighted by molar-refractivity contribution is -0.126. The minimum Gasteiger partial charge on any atom is -0.394 e. The molecule has 0 aromatic heterocycles. The van der Waals surface area contributed by atoms with Gasteiger partial charge in [-0.1, -0.05) is 43.0 Å². The van der Waals surface area contributed by atoms with E-state index in [0.29, 0.717) is 19.4 Å². The molecule has 0 bridgehead atoms. The van der Waals surface area contributed by atoms with Gasteiger partial charge < -0.3 is 21.5 Å². The van der Waals surface area contributed by atoms with E-state index >= 15 is 0 Å². The summed E-state index contributed by atoms with van der Waals surface area (Å²) in [6, 6.07) is 1.22. The minimum atomic E-state index is -0.944. The van der Waals surface area contributed by atoms with E-state index in [1.165, 1.54) is 12.1 Å². The van der Waals surface area contributed by atoms with E-state index in [0.717, 1.165) is 32.1 Å². The molecule has 0 heterocycles. The Balaban J connectivity index is 1.71. The normalized spacial score (nSPS) is 24.2. The van der Waals surface area contributed by atoms with E-state index in [1.54, 1.807) is 0 Å². The third-order valence-electron chi connectivity index (χ3n) is 7.11. The van der Waals surface area contributed by atoms with Crippen LogP contribution in [0, 0.1) is 23.1 Å². The molecule has 5 N–H and O–H groups in total. The fourth-order valence-electron chi connectivity index (χ4n) is 5.09. The van der Waals surface area contributed by atoms with Gasteiger partial charge in [-0.05, 0) is 55.6 Å². The minimum absolute atomic E-state index is 0.126. The second-order valence-corrected chi connectivity index (χ2v) is 10.3. The van der Waals surface area contributed by atoms with Crippen LogP contribution in [-0.2, 0) is 9.59 Å². The molecule has 0 unspecified atom stereocenters. The number of nitrogens with two attached hydrogens (primary N) is 1. The highest BCUT2D eigenvalue weighted by atomic mass is 35.5. The number of rotatable bonds is 8. The predicted molar refractivity (Wildman–Crippen MR) is 123 cm³/mol. The van der Waals surface area contributed by atoms with Gasteiger partial charge in [0, 0.05) is 18.0 Å². The molecule has 0 aliphatic heterocycles. The summed E-state index contributed by atoms with van der Waals surface area (Å²) in [5.41, 5.74) is 5.47. The second-order valence-electron chi connectivity index (χ2n) is 9.47. The van der Waals surface area contributed by atoms with Crippen molar-refractivity contribution in [1.82, 2.24) is 10.6 Å². The van der Waals surface area contributed by atoms with Crippen LogP contribution in [0.25, 0.3) is 0 Å². The Bertz CT molecular complexity index is 848. The molecule has 178 valence electrons. The van der Waals surface area contributed by atoms with E-state index in [-0.39, 0.29) is 38.8 Å². The second kappa shape index (κ2) is 10.7. The average Bonchev–Trinajstić information content (AvgIpc) is 3.43. The Morgan fingerprint density at radius 3 is 2.62 bits per heavy atom. The number of aliphatic hydroxyl groups is 1. The van der Waals surface area contributed by atoms with Crippen molar-refractivity contribution >= 4 is 35.0 Å². The topological polar surface area (TPSA) is 104 Å². The van der Waals surface area contributed by atoms with Gasteiger partial charge >= 0.3 is 0 Å². The van der Waals surface area contributed by atoms with Crippen LogP contribution in [0.3, 0.4) is 0 Å². The lowest BCUT2D eigenvalue weighted by atomic mass is 9.76. The maximum absolute atomic E-state index is 14.9. The van der Waals surface area contributed by atoms with Gasteiger partial charge in [-0.2, -0.15) is 0 Å². The number of nitrogens with one attached hydrogen (secondary N) is 2. The van der Waals surface area contributed by atoms with E-state index in [4.69, 9.17) is 34.0 Å². The van der Waals surface area contributed by atoms with Crippen LogP contribution in [0.1, 0.15) is 63.5 Å². The summed E-state index contributed by atoms with van der Waals surface area (Å²) in [5, 5.41) is 15.2. The van der Waals surface area contributed by atoms with Gasteiger partial charge in [0.15, 0.2) is 0 Å². The van der Waals surface area contributed by atoms with Crippen molar-refractivity contribution in [2.45, 2.75) is 64.0 Å². The molecule has 2 aliphatic rings. The summed E-state index contributed by atoms with van der Waals surface area (Å²) >= 11 is 12.6. The van der Waals surface area contributed by atoms with Crippen LogP contribution in [0.4, 0.5) is 4.39 Å². The zero-order valence-electron chi connectivity index (χ0n) is 18.3. The maximum atomic E-state index is 14.9. The molecular weight excluding hydrogens is 456 g/mol. The van der Waals surface area contributed by atoms with Crippen molar-refractivity contribution in [2.24, 2.45) is 23.0 Å². The van der Waals surface area contributed by atoms with Crippen molar-refractivity contribution in [3.05, 3.63) is 33.6 Å². The first kappa shape index (κ1) is 25.2. The van der Waals surface area contributed by atoms with Crippen LogP contribution in [-0.4, -0.2) is 36.1 Å². The number of amides is 2. The molecule has 0 spiro atoms. The van der Waals surface area contributed by atoms with Crippen LogP contribution >= 0.6 is 23.2 Å². The first-order chi connectivity index (χ1) is 15.2. The quantitative estimate of drug-likeness (QED) is 0.419. The zero-order valence-corrected chi connectivity index (χ0v) is 19.8. The molecule has 0 radical (unpaired) electrons. The molecule has 1 aromatic carbocycles. The highest BCUT2D eigenvalue weighted by Gasteiger charge is 2.42. The monoisotopic (exact) mass is 487 g/mol. The SMILES string of the molecule is CC1([C@H](NC(=O)[C@H]2CC[C@@H](CNC(=O)[C@H](N)CO)C2)c2c(F)ccc(Cl)c2Cl)CCCC1. The largest absolute Gasteiger partial charge is 0.394 e. The van der Waals surface area contributed by atoms with E-state index in [9.17, 15) is 14.0 Å². The molecule has 4 atom stereocenters. The van der Waals surface area contributed by atoms with Crippen LogP contribution in [0.15, 0.2) is 12.1 Å². The molecule has 2 saturated carbocycles. The van der Waals surface area contributed by atoms with Crippen LogP contribution in [0.2, 0.25) is 10.0 Å². The summed E-state index contributed by atoms with van der Waals surface area (Å²) < 4.78 is 14.9. The molecule has 3 rings (SSSR count). The summed E-state index contributed by atoms with van der Waals surface area (Å²) in [7, 11) is 0. The van der Waals surface area contributed by atoms with Gasteiger partial charge in [0.1, 0.15) is 11.9 Å². The number of carbonyl (C=O) groups excluding carboxylic acids is 2. The summed E-state index contributed by atoms with van der Waals surface area (Å²) in [4.78, 5) is 25.0. The van der Waals surface area contributed by atoms with Crippen LogP contribution < -0.4 is 16.4 Å². The van der Waals surface area contributed by atoms with Crippen molar-refractivity contribution in [2.75, 3.05) is 13.2 Å². The van der Waals surface area contributed by atoms with E-state index in [1.807, 2.05) is 0 Å². The van der Waals surface area contributed by atoms with E-state index in [2.05, 4.69) is 17.6 Å². The summed E-state index contributed by atoms with van der Waals surface area (Å²) in [5.74, 6) is -1.07. The fraction of sp³-hybridized carbons (Fsp3) is 0.652. The highest BCUT2D eigenvalue weighted by Crippen LogP contribution is 2.50. The van der Waals surface area contributed by atoms with Gasteiger partial charge in [0.2, 0.25) is 11.8 Å². The molecule has 1 aromatic rings. The number of halogens is 3. The summed E-state index contributed by atoms with van der Waals surface area (Å²) in [6.07, 6.45) is 5.87. The maximum Gasteiger partial charge on any atom is 0.239 e. The lowest BCUT2D eigenvalue weighted by Crippen LogP contribution is -2.44. The third kappa shape index (κ3) is 5.56. The Hall–Kier alpha value is -1.41. The number of hydrogen-bond acceptors (Lipinski definition) is 4. The van der Waals surface area contributed by atoms with Gasteiger partial charge in [0.05, 0.1) is 22.7 Å². The van der Waals surface area contributed by atoms with Crippen LogP contribution in [0.5, 0.6) is 0 Å². The molecule has 2 aliphatic carbocycles. The zero-order chi connectivity index (χ0) is 23.5. The molecular formula is C23H32Cl2FN3O3. The van der Waals surface area contributed by atoms with Gasteiger partial charge in [-0.15, -0.1) is 0 Å². The van der Waals surface area contributed by atoms with Crippen molar-refractivity contribution in [3.63, 3.8) is 0 Å². The first-order valence-electron chi connectivity index (χ1n) is 11.2. The smallest absolute Gasteiger partial charge is 0.239 e. The molecule has 9 heteroatoms. The first-order valence-corrected chi connectivity index (χ1v) is 12.0. The van der Waals surface area contributed by atoms with Gasteiger partial charge in [-0.25, -0.2) is 4.39 Å². The molecule has 2 fully saturated rings. The number of aliphatic hydroxyl groups excluding tert-OH is 1. The fourth-order valence-corrected chi connectivity index (χ4v) is 5.52. The summed E-state index contributed by atoms with van der Waals surface area (Å²) in [6.45, 7) is 2.06. The Kier molecular flexibility index (Phi) is 8.42. The molecule has 6 nitrogen and oxygen atoms in total. The standard InChI is InChI=1S/C23H32Cl2FN3O3/c1-23(8-2-3-9-23)20(18-16(26)7-6-15(24)19(18)25)29-21(31)14-5-4-13(10-14)11-28-22(32)17(27)12-30/h6-7,13-14,17,20,30H,2-5,8-12,27H2,1H3,(H,28,32)(H,29,31)/t13-,14+,17-,20-/m1/s1. The number of hydrogen-bond donors (Lipinski definition) is 4. The van der Waals surface area contributed by atoms with Crippen molar-refractivity contribution < 1.29 is 19.1 Å². The molecule has 32 heavy (non-hydrogen) atoms. The lowest BCUT2D eigenvalue weighted by Gasteiger charge is -2.36. The van der Waals surface area contributed by atoms with Gasteiger partial charge in [0.25, 0.3) is 0 Å². The van der Waals surface area contributed by atoms with E-state index < -0.39 is 30.4 Å². The Morgan fingerprint density at radius 2 is 1.97 bits per heavy atom. The molecule has 0 saturated heterocycles. The highest BCUT2D eigenvalue weighted by molar-refractivity contribution is 6.42. The van der Waals surface area contributed by atoms with Crippen molar-refractivity contribution in [3.8, 4) is 0 Å². The average molecular weight is 488 g/mol. The third-order valence-corrected chi connectivity index (χ3v) is 7.93. The Labute approximate surface area is 198 Å². The van der Waals surface area contributed by atoms with Crippen molar-refractivity contribution in [1.29, 1.82) is 0 Å². The van der Waals surface area contributed by atoms with Gasteiger partial charge in [-0.3, -0.25) is 9.59 Å².